The standard InChI is InChI=1S/C28H49N3O7/c1-27(2,3)37-25(35)30-15-11-19(12-16-30)7-9-21(23(32)22(29)24(33)34)10-8-20-13-17-31(18-14-20)26(36)38-28(4,5)6/h19-22H,7-18,29H2,1-6H3,(H,33,34). The summed E-state index contributed by atoms with van der Waals surface area (Å²) in [6.45, 7) is 13.5. The van der Waals surface area contributed by atoms with Crippen molar-refractivity contribution in [1.29, 1.82) is 0 Å². The summed E-state index contributed by atoms with van der Waals surface area (Å²) in [6.07, 6.45) is 5.49. The van der Waals surface area contributed by atoms with Gasteiger partial charge < -0.3 is 30.1 Å². The van der Waals surface area contributed by atoms with Crippen molar-refractivity contribution in [3.63, 3.8) is 0 Å². The van der Waals surface area contributed by atoms with Gasteiger partial charge in [-0.1, -0.05) is 0 Å². The minimum atomic E-state index is -1.51. The van der Waals surface area contributed by atoms with Gasteiger partial charge in [-0.25, -0.2) is 9.59 Å². The van der Waals surface area contributed by atoms with E-state index in [0.29, 0.717) is 50.9 Å². The first-order chi connectivity index (χ1) is 17.6. The summed E-state index contributed by atoms with van der Waals surface area (Å²) in [7, 11) is 0. The summed E-state index contributed by atoms with van der Waals surface area (Å²) in [5.41, 5.74) is 4.65. The van der Waals surface area contributed by atoms with Crippen molar-refractivity contribution < 1.29 is 33.8 Å². The molecule has 0 aromatic carbocycles. The van der Waals surface area contributed by atoms with Gasteiger partial charge in [0.25, 0.3) is 0 Å². The van der Waals surface area contributed by atoms with E-state index in [1.54, 1.807) is 9.80 Å². The Morgan fingerprint density at radius 3 is 1.39 bits per heavy atom. The maximum Gasteiger partial charge on any atom is 0.410 e. The van der Waals surface area contributed by atoms with Crippen LogP contribution >= 0.6 is 0 Å². The van der Waals surface area contributed by atoms with Crippen LogP contribution in [0.4, 0.5) is 9.59 Å². The molecule has 10 nitrogen and oxygen atoms in total. The van der Waals surface area contributed by atoms with Crippen LogP contribution in [0.15, 0.2) is 0 Å². The number of nitrogens with two attached hydrogens (primary N) is 1. The van der Waals surface area contributed by atoms with Gasteiger partial charge in [0.05, 0.1) is 0 Å². The zero-order chi connectivity index (χ0) is 28.7. The van der Waals surface area contributed by atoms with Gasteiger partial charge in [0.15, 0.2) is 11.8 Å². The van der Waals surface area contributed by atoms with E-state index < -0.39 is 34.9 Å². The topological polar surface area (TPSA) is 139 Å². The van der Waals surface area contributed by atoms with E-state index in [2.05, 4.69) is 0 Å². The van der Waals surface area contributed by atoms with E-state index in [9.17, 15) is 24.3 Å². The SMILES string of the molecule is CC(C)(C)OC(=O)N1CCC(CCC(CCC2CCN(C(=O)OC(C)(C)C)CC2)C(=O)C(N)C(=O)O)CC1. The number of ketones is 1. The third-order valence-corrected chi connectivity index (χ3v) is 7.35. The molecule has 3 N–H and O–H groups in total. The molecule has 0 aromatic rings. The van der Waals surface area contributed by atoms with Crippen LogP contribution in [0.5, 0.6) is 0 Å². The number of carboxylic acid groups (broad SMARTS) is 1. The molecule has 0 bridgehead atoms. The molecule has 38 heavy (non-hydrogen) atoms. The second-order valence-electron chi connectivity index (χ2n) is 12.9. The molecular weight excluding hydrogens is 490 g/mol. The van der Waals surface area contributed by atoms with E-state index >= 15 is 0 Å². The lowest BCUT2D eigenvalue weighted by molar-refractivity contribution is -0.143. The Balaban J connectivity index is 1.85. The summed E-state index contributed by atoms with van der Waals surface area (Å²) >= 11 is 0. The van der Waals surface area contributed by atoms with Crippen LogP contribution in [0.2, 0.25) is 0 Å². The summed E-state index contributed by atoms with van der Waals surface area (Å²) < 4.78 is 10.9. The maximum absolute atomic E-state index is 12.9. The van der Waals surface area contributed by atoms with E-state index in [0.717, 1.165) is 38.5 Å². The molecule has 2 amide bonds. The second-order valence-corrected chi connectivity index (χ2v) is 12.9. The van der Waals surface area contributed by atoms with E-state index in [4.69, 9.17) is 15.2 Å². The van der Waals surface area contributed by atoms with Crippen molar-refractivity contribution in [2.75, 3.05) is 26.2 Å². The van der Waals surface area contributed by atoms with Crippen molar-refractivity contribution in [2.45, 2.75) is 110 Å². The number of likely N-dealkylation sites (tertiary alicyclic amines) is 2. The molecule has 0 radical (unpaired) electrons. The smallest absolute Gasteiger partial charge is 0.410 e. The molecule has 2 rings (SSSR count). The maximum atomic E-state index is 12.9. The first-order valence-corrected chi connectivity index (χ1v) is 14.0. The number of aliphatic carboxylic acids is 1. The van der Waals surface area contributed by atoms with Gasteiger partial charge in [0.1, 0.15) is 11.2 Å². The highest BCUT2D eigenvalue weighted by Gasteiger charge is 2.33. The lowest BCUT2D eigenvalue weighted by atomic mass is 9.81. The molecule has 0 aromatic heterocycles. The minimum absolute atomic E-state index is 0.297. The lowest BCUT2D eigenvalue weighted by Crippen LogP contribution is -2.43. The third kappa shape index (κ3) is 10.8. The Kier molecular flexibility index (Phi) is 11.4. The largest absolute Gasteiger partial charge is 0.480 e. The van der Waals surface area contributed by atoms with Crippen molar-refractivity contribution in [3.05, 3.63) is 0 Å². The molecule has 2 aliphatic heterocycles. The number of carbonyl (C=O) groups is 4. The number of piperidine rings is 2. The Labute approximate surface area is 227 Å². The van der Waals surface area contributed by atoms with Gasteiger partial charge in [0.2, 0.25) is 0 Å². The quantitative estimate of drug-likeness (QED) is 0.410. The minimum Gasteiger partial charge on any atom is -0.480 e. The van der Waals surface area contributed by atoms with Crippen molar-refractivity contribution in [2.24, 2.45) is 23.5 Å². The fraction of sp³-hybridized carbons (Fsp3) is 0.857. The Morgan fingerprint density at radius 1 is 0.763 bits per heavy atom. The summed E-state index contributed by atoms with van der Waals surface area (Å²) in [6, 6.07) is -1.51. The number of rotatable bonds is 9. The average Bonchev–Trinajstić information content (AvgIpc) is 2.81. The van der Waals surface area contributed by atoms with Gasteiger partial charge in [-0.05, 0) is 105 Å². The molecular formula is C28H49N3O7. The first kappa shape index (κ1) is 31.9. The highest BCUT2D eigenvalue weighted by molar-refractivity contribution is 6.03. The highest BCUT2D eigenvalue weighted by atomic mass is 16.6. The molecule has 2 aliphatic rings. The molecule has 1 atom stereocenters. The van der Waals surface area contributed by atoms with Gasteiger partial charge in [-0.15, -0.1) is 0 Å². The zero-order valence-corrected chi connectivity index (χ0v) is 24.2. The van der Waals surface area contributed by atoms with Crippen LogP contribution in [-0.2, 0) is 19.1 Å². The highest BCUT2D eigenvalue weighted by Crippen LogP contribution is 2.30. The summed E-state index contributed by atoms with van der Waals surface area (Å²) in [5, 5.41) is 9.31. The van der Waals surface area contributed by atoms with E-state index in [1.807, 2.05) is 41.5 Å². The van der Waals surface area contributed by atoms with Crippen LogP contribution < -0.4 is 5.73 Å². The Bertz CT molecular complexity index is 765. The predicted octanol–water partition coefficient (Wildman–Crippen LogP) is 4.44. The normalized spacial score (nSPS) is 18.8. The zero-order valence-electron chi connectivity index (χ0n) is 24.2. The molecule has 218 valence electrons. The predicted molar refractivity (Wildman–Crippen MR) is 144 cm³/mol. The van der Waals surface area contributed by atoms with Crippen LogP contribution in [0.3, 0.4) is 0 Å². The van der Waals surface area contributed by atoms with Crippen molar-refractivity contribution >= 4 is 23.9 Å². The third-order valence-electron chi connectivity index (χ3n) is 7.35. The molecule has 1 unspecified atom stereocenters. The average molecular weight is 540 g/mol. The van der Waals surface area contributed by atoms with Gasteiger partial charge in [-0.3, -0.25) is 9.59 Å². The lowest BCUT2D eigenvalue weighted by Gasteiger charge is -2.34. The second kappa shape index (κ2) is 13.6. The van der Waals surface area contributed by atoms with Crippen LogP contribution in [-0.4, -0.2) is 82.3 Å². The molecule has 2 fully saturated rings. The van der Waals surface area contributed by atoms with Gasteiger partial charge in [-0.2, -0.15) is 0 Å². The fourth-order valence-corrected chi connectivity index (χ4v) is 5.14. The molecule has 2 saturated heterocycles. The fourth-order valence-electron chi connectivity index (χ4n) is 5.14. The number of Topliss-reactive ketones (excluding diaryl/α,β-unsaturated/α-hetero) is 1. The number of carboxylic acids is 1. The summed E-state index contributed by atoms with van der Waals surface area (Å²) in [4.78, 5) is 52.5. The molecule has 0 spiro atoms. The number of hydrogen-bond donors (Lipinski definition) is 2. The Hall–Kier alpha value is -2.36. The molecule has 10 heteroatoms. The number of ether oxygens (including phenoxy) is 2. The molecule has 0 aliphatic carbocycles. The summed E-state index contributed by atoms with van der Waals surface area (Å²) in [5.74, 6) is -1.38. The van der Waals surface area contributed by atoms with Gasteiger partial charge >= 0.3 is 18.2 Å². The first-order valence-electron chi connectivity index (χ1n) is 14.0. The van der Waals surface area contributed by atoms with E-state index in [-0.39, 0.29) is 12.2 Å². The van der Waals surface area contributed by atoms with Crippen LogP contribution in [0, 0.1) is 17.8 Å². The van der Waals surface area contributed by atoms with Crippen molar-refractivity contribution in [3.8, 4) is 0 Å². The van der Waals surface area contributed by atoms with Crippen LogP contribution in [0.25, 0.3) is 0 Å². The number of nitrogens with zero attached hydrogens (tertiary/aromatic N) is 2. The number of hydrogen-bond acceptors (Lipinski definition) is 7. The number of carbonyl (C=O) groups excluding carboxylic acids is 3. The Morgan fingerprint density at radius 2 is 1.11 bits per heavy atom. The van der Waals surface area contributed by atoms with Crippen molar-refractivity contribution in [1.82, 2.24) is 9.80 Å². The van der Waals surface area contributed by atoms with Gasteiger partial charge in [0, 0.05) is 32.1 Å². The number of amides is 2. The molecule has 0 saturated carbocycles. The van der Waals surface area contributed by atoms with E-state index in [1.165, 1.54) is 0 Å². The van der Waals surface area contributed by atoms with Crippen LogP contribution in [0.1, 0.15) is 92.9 Å². The molecule has 2 heterocycles. The monoisotopic (exact) mass is 539 g/mol.